The molecule has 15 heavy (non-hydrogen) atoms. The second kappa shape index (κ2) is 6.80. The quantitative estimate of drug-likeness (QED) is 0.584. The zero-order valence-corrected chi connectivity index (χ0v) is 10.0. The Hall–Kier alpha value is -0.610. The molecule has 4 heteroatoms. The molecule has 0 aliphatic heterocycles. The van der Waals surface area contributed by atoms with Crippen LogP contribution in [0.15, 0.2) is 0 Å². The van der Waals surface area contributed by atoms with Crippen LogP contribution in [0.1, 0.15) is 40.0 Å². The van der Waals surface area contributed by atoms with Gasteiger partial charge >= 0.3 is 0 Å². The second-order valence-corrected chi connectivity index (χ2v) is 4.72. The van der Waals surface area contributed by atoms with Crippen molar-refractivity contribution >= 4 is 5.91 Å². The zero-order chi connectivity index (χ0) is 11.9. The van der Waals surface area contributed by atoms with Gasteiger partial charge in [-0.1, -0.05) is 20.8 Å². The SMILES string of the molecule is CC[C@H](N)C(=O)NCC(C)(C)CCCO. The van der Waals surface area contributed by atoms with Gasteiger partial charge in [-0.2, -0.15) is 0 Å². The van der Waals surface area contributed by atoms with Gasteiger partial charge in [0.2, 0.25) is 5.91 Å². The van der Waals surface area contributed by atoms with Crippen LogP contribution in [0.5, 0.6) is 0 Å². The number of nitrogens with two attached hydrogens (primary N) is 1. The standard InChI is InChI=1S/C11H24N2O2/c1-4-9(12)10(15)13-8-11(2,3)6-5-7-14/h9,14H,4-8,12H2,1-3H3,(H,13,15)/t9-/m0/s1. The third-order valence-corrected chi connectivity index (χ3v) is 2.53. The molecule has 1 atom stereocenters. The molecule has 1 amide bonds. The molecular formula is C11H24N2O2. The Kier molecular flexibility index (Phi) is 6.52. The molecule has 0 saturated carbocycles. The van der Waals surface area contributed by atoms with Crippen LogP contribution in [0, 0.1) is 5.41 Å². The van der Waals surface area contributed by atoms with E-state index in [1.165, 1.54) is 0 Å². The topological polar surface area (TPSA) is 75.4 Å². The Morgan fingerprint density at radius 3 is 2.60 bits per heavy atom. The summed E-state index contributed by atoms with van der Waals surface area (Å²) in [4.78, 5) is 11.4. The molecule has 0 spiro atoms. The number of hydrogen-bond donors (Lipinski definition) is 3. The maximum atomic E-state index is 11.4. The summed E-state index contributed by atoms with van der Waals surface area (Å²) in [6.45, 7) is 6.84. The van der Waals surface area contributed by atoms with Gasteiger partial charge in [-0.3, -0.25) is 4.79 Å². The van der Waals surface area contributed by atoms with Gasteiger partial charge in [0.05, 0.1) is 6.04 Å². The first-order valence-corrected chi connectivity index (χ1v) is 5.57. The van der Waals surface area contributed by atoms with E-state index in [0.29, 0.717) is 13.0 Å². The van der Waals surface area contributed by atoms with E-state index in [9.17, 15) is 4.79 Å². The van der Waals surface area contributed by atoms with E-state index < -0.39 is 6.04 Å². The molecule has 0 aromatic heterocycles. The molecule has 0 aliphatic carbocycles. The lowest BCUT2D eigenvalue weighted by Gasteiger charge is -2.25. The summed E-state index contributed by atoms with van der Waals surface area (Å²) in [5.41, 5.74) is 5.61. The average Bonchev–Trinajstić information content (AvgIpc) is 2.22. The van der Waals surface area contributed by atoms with E-state index >= 15 is 0 Å². The Bertz CT molecular complexity index is 193. The molecular weight excluding hydrogens is 192 g/mol. The van der Waals surface area contributed by atoms with E-state index in [-0.39, 0.29) is 17.9 Å². The predicted molar refractivity (Wildman–Crippen MR) is 61.4 cm³/mol. The van der Waals surface area contributed by atoms with E-state index in [1.54, 1.807) is 0 Å². The molecule has 0 radical (unpaired) electrons. The van der Waals surface area contributed by atoms with Gasteiger partial charge in [0.25, 0.3) is 0 Å². The summed E-state index contributed by atoms with van der Waals surface area (Å²) < 4.78 is 0. The van der Waals surface area contributed by atoms with Crippen molar-refractivity contribution in [3.8, 4) is 0 Å². The van der Waals surface area contributed by atoms with E-state index in [0.717, 1.165) is 12.8 Å². The summed E-state index contributed by atoms with van der Waals surface area (Å²) in [6, 6.07) is -0.404. The normalized spacial score (nSPS) is 13.7. The minimum atomic E-state index is -0.404. The number of rotatable bonds is 7. The summed E-state index contributed by atoms with van der Waals surface area (Å²) in [6.07, 6.45) is 2.32. The van der Waals surface area contributed by atoms with Crippen LogP contribution in [-0.2, 0) is 4.79 Å². The molecule has 0 aromatic rings. The predicted octanol–water partition coefficient (Wildman–Crippen LogP) is 0.639. The lowest BCUT2D eigenvalue weighted by atomic mass is 9.88. The zero-order valence-electron chi connectivity index (χ0n) is 10.0. The molecule has 0 unspecified atom stereocenters. The molecule has 4 nitrogen and oxygen atoms in total. The van der Waals surface area contributed by atoms with Crippen molar-refractivity contribution in [3.05, 3.63) is 0 Å². The van der Waals surface area contributed by atoms with Crippen molar-refractivity contribution in [2.45, 2.75) is 46.1 Å². The van der Waals surface area contributed by atoms with Crippen LogP contribution in [0.25, 0.3) is 0 Å². The highest BCUT2D eigenvalue weighted by atomic mass is 16.2. The molecule has 0 saturated heterocycles. The maximum absolute atomic E-state index is 11.4. The first-order valence-electron chi connectivity index (χ1n) is 5.57. The fraction of sp³-hybridized carbons (Fsp3) is 0.909. The smallest absolute Gasteiger partial charge is 0.236 e. The third kappa shape index (κ3) is 6.47. The minimum absolute atomic E-state index is 0.0197. The maximum Gasteiger partial charge on any atom is 0.236 e. The van der Waals surface area contributed by atoms with Crippen molar-refractivity contribution in [1.82, 2.24) is 5.32 Å². The van der Waals surface area contributed by atoms with Crippen molar-refractivity contribution in [2.24, 2.45) is 11.1 Å². The van der Waals surface area contributed by atoms with Crippen molar-refractivity contribution < 1.29 is 9.90 Å². The van der Waals surface area contributed by atoms with Gasteiger partial charge in [0.15, 0.2) is 0 Å². The molecule has 90 valence electrons. The Labute approximate surface area is 92.2 Å². The van der Waals surface area contributed by atoms with Gasteiger partial charge < -0.3 is 16.2 Å². The van der Waals surface area contributed by atoms with Crippen LogP contribution < -0.4 is 11.1 Å². The highest BCUT2D eigenvalue weighted by Gasteiger charge is 2.19. The highest BCUT2D eigenvalue weighted by molar-refractivity contribution is 5.81. The molecule has 0 bridgehead atoms. The molecule has 0 aliphatic rings. The fourth-order valence-corrected chi connectivity index (χ4v) is 1.29. The number of nitrogens with one attached hydrogen (secondary N) is 1. The van der Waals surface area contributed by atoms with Gasteiger partial charge in [-0.15, -0.1) is 0 Å². The number of carbonyl (C=O) groups excluding carboxylic acids is 1. The van der Waals surface area contributed by atoms with Crippen LogP contribution >= 0.6 is 0 Å². The molecule has 4 N–H and O–H groups in total. The van der Waals surface area contributed by atoms with Crippen molar-refractivity contribution in [3.63, 3.8) is 0 Å². The molecule has 0 aromatic carbocycles. The van der Waals surface area contributed by atoms with Gasteiger partial charge in [0, 0.05) is 13.2 Å². The monoisotopic (exact) mass is 216 g/mol. The van der Waals surface area contributed by atoms with E-state index in [1.807, 2.05) is 6.92 Å². The molecule has 0 rings (SSSR count). The van der Waals surface area contributed by atoms with Crippen LogP contribution in [-0.4, -0.2) is 30.2 Å². The number of aliphatic hydroxyl groups is 1. The van der Waals surface area contributed by atoms with E-state index in [2.05, 4.69) is 19.2 Å². The summed E-state index contributed by atoms with van der Waals surface area (Å²) >= 11 is 0. The molecule has 0 fully saturated rings. The lowest BCUT2D eigenvalue weighted by molar-refractivity contribution is -0.122. The first kappa shape index (κ1) is 14.4. The Morgan fingerprint density at radius 2 is 2.13 bits per heavy atom. The van der Waals surface area contributed by atoms with Gasteiger partial charge in [-0.25, -0.2) is 0 Å². The van der Waals surface area contributed by atoms with E-state index in [4.69, 9.17) is 10.8 Å². The van der Waals surface area contributed by atoms with Crippen LogP contribution in [0.2, 0.25) is 0 Å². The Balaban J connectivity index is 3.86. The largest absolute Gasteiger partial charge is 0.396 e. The minimum Gasteiger partial charge on any atom is -0.396 e. The average molecular weight is 216 g/mol. The van der Waals surface area contributed by atoms with Crippen molar-refractivity contribution in [2.75, 3.05) is 13.2 Å². The molecule has 0 heterocycles. The Morgan fingerprint density at radius 1 is 1.53 bits per heavy atom. The highest BCUT2D eigenvalue weighted by Crippen LogP contribution is 2.20. The van der Waals surface area contributed by atoms with Crippen LogP contribution in [0.4, 0.5) is 0 Å². The number of carbonyl (C=O) groups is 1. The van der Waals surface area contributed by atoms with Gasteiger partial charge in [-0.05, 0) is 24.7 Å². The number of aliphatic hydroxyl groups excluding tert-OH is 1. The summed E-state index contributed by atoms with van der Waals surface area (Å²) in [7, 11) is 0. The lowest BCUT2D eigenvalue weighted by Crippen LogP contribution is -2.43. The summed E-state index contributed by atoms with van der Waals surface area (Å²) in [5, 5.41) is 11.6. The van der Waals surface area contributed by atoms with Gasteiger partial charge in [0.1, 0.15) is 0 Å². The number of amides is 1. The van der Waals surface area contributed by atoms with Crippen LogP contribution in [0.3, 0.4) is 0 Å². The first-order chi connectivity index (χ1) is 6.93. The third-order valence-electron chi connectivity index (χ3n) is 2.53. The number of hydrogen-bond acceptors (Lipinski definition) is 3. The second-order valence-electron chi connectivity index (χ2n) is 4.72. The van der Waals surface area contributed by atoms with Crippen molar-refractivity contribution in [1.29, 1.82) is 0 Å². The summed E-state index contributed by atoms with van der Waals surface area (Å²) in [5.74, 6) is -0.0884. The fourth-order valence-electron chi connectivity index (χ4n) is 1.29.